The number of halogens is 1. The Bertz CT molecular complexity index is 153. The predicted molar refractivity (Wildman–Crippen MR) is 43.0 cm³/mol. The van der Waals surface area contributed by atoms with Crippen molar-refractivity contribution in [1.29, 1.82) is 0 Å². The molecule has 0 aromatic carbocycles. The van der Waals surface area contributed by atoms with Gasteiger partial charge in [0.2, 0.25) is 0 Å². The van der Waals surface area contributed by atoms with Crippen LogP contribution in [0.25, 0.3) is 0 Å². The molecule has 0 aromatic rings. The third-order valence-corrected chi connectivity index (χ3v) is 2.15. The average Bonchev–Trinajstić information content (AvgIpc) is 1.90. The van der Waals surface area contributed by atoms with E-state index in [1.165, 1.54) is 0 Å². The van der Waals surface area contributed by atoms with E-state index in [0.717, 1.165) is 6.42 Å². The molecular weight excluding hydrogens is 180 g/mol. The molecule has 3 heteroatoms. The lowest BCUT2D eigenvalue weighted by molar-refractivity contribution is 0.787. The first-order valence-corrected chi connectivity index (χ1v) is 3.64. The summed E-state index contributed by atoms with van der Waals surface area (Å²) in [5, 5.41) is 0. The number of alkyl halides is 1. The molecule has 0 saturated heterocycles. The second-order valence-corrected chi connectivity index (χ2v) is 3.69. The third kappa shape index (κ3) is 1.63. The Hall–Kier alpha value is -0.150. The van der Waals surface area contributed by atoms with E-state index in [9.17, 15) is 0 Å². The fourth-order valence-electron chi connectivity index (χ4n) is 0.675. The van der Waals surface area contributed by atoms with Gasteiger partial charge in [-0.1, -0.05) is 22.0 Å². The smallest absolute Gasteiger partial charge is 0.0764 e. The summed E-state index contributed by atoms with van der Waals surface area (Å²) in [6, 6.07) is 0. The second kappa shape index (κ2) is 2.62. The molecular formula is C6H9BrN2. The minimum absolute atomic E-state index is 0.0677. The lowest BCUT2D eigenvalue weighted by Crippen LogP contribution is -2.33. The molecule has 2 N–H and O–H groups in total. The molecule has 0 amide bonds. The van der Waals surface area contributed by atoms with Crippen molar-refractivity contribution in [2.24, 2.45) is 10.7 Å². The van der Waals surface area contributed by atoms with Gasteiger partial charge in [-0.15, -0.1) is 0 Å². The molecule has 0 saturated carbocycles. The molecule has 1 heterocycles. The largest absolute Gasteiger partial charge is 0.329 e. The zero-order chi connectivity index (χ0) is 6.74. The van der Waals surface area contributed by atoms with Crippen LogP contribution in [0.3, 0.4) is 0 Å². The molecule has 0 aliphatic carbocycles. The van der Waals surface area contributed by atoms with Crippen LogP contribution in [0.4, 0.5) is 0 Å². The first-order chi connectivity index (χ1) is 4.27. The van der Waals surface area contributed by atoms with Gasteiger partial charge in [0.05, 0.1) is 4.32 Å². The summed E-state index contributed by atoms with van der Waals surface area (Å²) in [5.74, 6) is 0. The number of hydrogen-bond donors (Lipinski definition) is 1. The molecule has 0 spiro atoms. The van der Waals surface area contributed by atoms with Gasteiger partial charge in [0.1, 0.15) is 0 Å². The molecule has 9 heavy (non-hydrogen) atoms. The standard InChI is InChI=1S/C6H9BrN2/c7-6(4-8)2-1-3-9-5-6/h1,3,5H,2,4,8H2. The van der Waals surface area contributed by atoms with Crippen LogP contribution < -0.4 is 5.73 Å². The molecule has 0 bridgehead atoms. The van der Waals surface area contributed by atoms with E-state index in [1.54, 1.807) is 6.20 Å². The van der Waals surface area contributed by atoms with E-state index in [4.69, 9.17) is 5.73 Å². The van der Waals surface area contributed by atoms with E-state index in [0.29, 0.717) is 6.54 Å². The van der Waals surface area contributed by atoms with E-state index in [2.05, 4.69) is 20.9 Å². The van der Waals surface area contributed by atoms with Crippen LogP contribution in [-0.2, 0) is 0 Å². The maximum Gasteiger partial charge on any atom is 0.0764 e. The quantitative estimate of drug-likeness (QED) is 0.615. The summed E-state index contributed by atoms with van der Waals surface area (Å²) in [6.07, 6.45) is 6.57. The lowest BCUT2D eigenvalue weighted by atomic mass is 10.1. The summed E-state index contributed by atoms with van der Waals surface area (Å²) in [6.45, 7) is 0.598. The van der Waals surface area contributed by atoms with Crippen LogP contribution in [0, 0.1) is 0 Å². The second-order valence-electron chi connectivity index (χ2n) is 2.11. The highest BCUT2D eigenvalue weighted by Crippen LogP contribution is 2.21. The topological polar surface area (TPSA) is 38.4 Å². The fraction of sp³-hybridized carbons (Fsp3) is 0.500. The predicted octanol–water partition coefficient (Wildman–Crippen LogP) is 1.07. The number of rotatable bonds is 1. The minimum Gasteiger partial charge on any atom is -0.329 e. The molecule has 1 aliphatic heterocycles. The van der Waals surface area contributed by atoms with Crippen LogP contribution in [0.2, 0.25) is 0 Å². The first-order valence-electron chi connectivity index (χ1n) is 2.85. The molecule has 1 unspecified atom stereocenters. The molecule has 50 valence electrons. The van der Waals surface area contributed by atoms with Crippen LogP contribution >= 0.6 is 15.9 Å². The number of aliphatic imine (C=N–C) groups is 1. The van der Waals surface area contributed by atoms with Gasteiger partial charge in [-0.25, -0.2) is 0 Å². The monoisotopic (exact) mass is 188 g/mol. The van der Waals surface area contributed by atoms with Gasteiger partial charge >= 0.3 is 0 Å². The zero-order valence-electron chi connectivity index (χ0n) is 5.05. The molecule has 0 aromatic heterocycles. The van der Waals surface area contributed by atoms with Crippen LogP contribution in [0.5, 0.6) is 0 Å². The van der Waals surface area contributed by atoms with Crippen molar-refractivity contribution < 1.29 is 0 Å². The highest BCUT2D eigenvalue weighted by atomic mass is 79.9. The number of allylic oxidation sites excluding steroid dienone is 1. The summed E-state index contributed by atoms with van der Waals surface area (Å²) >= 11 is 3.47. The van der Waals surface area contributed by atoms with Gasteiger partial charge in [-0.05, 0) is 6.42 Å². The Balaban J connectivity index is 2.63. The molecule has 0 fully saturated rings. The van der Waals surface area contributed by atoms with E-state index >= 15 is 0 Å². The van der Waals surface area contributed by atoms with Gasteiger partial charge < -0.3 is 5.73 Å². The normalized spacial score (nSPS) is 33.1. The average molecular weight is 189 g/mol. The van der Waals surface area contributed by atoms with Crippen LogP contribution in [0.1, 0.15) is 6.42 Å². The third-order valence-electron chi connectivity index (χ3n) is 1.29. The summed E-state index contributed by atoms with van der Waals surface area (Å²) in [7, 11) is 0. The highest BCUT2D eigenvalue weighted by Gasteiger charge is 2.21. The Kier molecular flexibility index (Phi) is 2.03. The Morgan fingerprint density at radius 1 is 1.78 bits per heavy atom. The highest BCUT2D eigenvalue weighted by molar-refractivity contribution is 9.10. The fourth-order valence-corrected chi connectivity index (χ4v) is 0.980. The minimum atomic E-state index is -0.0677. The molecule has 1 rings (SSSR count). The first kappa shape index (κ1) is 6.96. The van der Waals surface area contributed by atoms with Gasteiger partial charge in [0.15, 0.2) is 0 Å². The van der Waals surface area contributed by atoms with Gasteiger partial charge in [0, 0.05) is 19.0 Å². The van der Waals surface area contributed by atoms with E-state index in [-0.39, 0.29) is 4.32 Å². The van der Waals surface area contributed by atoms with Crippen LogP contribution in [0.15, 0.2) is 17.3 Å². The van der Waals surface area contributed by atoms with Gasteiger partial charge in [-0.3, -0.25) is 4.99 Å². The van der Waals surface area contributed by atoms with Gasteiger partial charge in [-0.2, -0.15) is 0 Å². The van der Waals surface area contributed by atoms with Crippen molar-refractivity contribution in [3.8, 4) is 0 Å². The SMILES string of the molecule is NCC1(Br)C=NC=CC1. The van der Waals surface area contributed by atoms with Crippen molar-refractivity contribution in [3.63, 3.8) is 0 Å². The van der Waals surface area contributed by atoms with E-state index in [1.807, 2.05) is 12.3 Å². The number of nitrogens with zero attached hydrogens (tertiary/aromatic N) is 1. The van der Waals surface area contributed by atoms with Crippen molar-refractivity contribution in [3.05, 3.63) is 12.3 Å². The number of nitrogens with two attached hydrogens (primary N) is 1. The van der Waals surface area contributed by atoms with Crippen LogP contribution in [-0.4, -0.2) is 17.1 Å². The van der Waals surface area contributed by atoms with Crippen molar-refractivity contribution in [1.82, 2.24) is 0 Å². The van der Waals surface area contributed by atoms with Crippen molar-refractivity contribution in [2.75, 3.05) is 6.54 Å². The van der Waals surface area contributed by atoms with Gasteiger partial charge in [0.25, 0.3) is 0 Å². The maximum absolute atomic E-state index is 5.47. The Morgan fingerprint density at radius 2 is 2.56 bits per heavy atom. The molecule has 1 aliphatic rings. The maximum atomic E-state index is 5.47. The molecule has 1 atom stereocenters. The zero-order valence-corrected chi connectivity index (χ0v) is 6.63. The molecule has 2 nitrogen and oxygen atoms in total. The van der Waals surface area contributed by atoms with E-state index < -0.39 is 0 Å². The lowest BCUT2D eigenvalue weighted by Gasteiger charge is -2.19. The Morgan fingerprint density at radius 3 is 2.89 bits per heavy atom. The summed E-state index contributed by atoms with van der Waals surface area (Å²) in [4.78, 5) is 3.97. The van der Waals surface area contributed by atoms with Crippen molar-refractivity contribution >= 4 is 22.1 Å². The molecule has 0 radical (unpaired) electrons. The summed E-state index contributed by atoms with van der Waals surface area (Å²) < 4.78 is -0.0677. The van der Waals surface area contributed by atoms with Crippen molar-refractivity contribution in [2.45, 2.75) is 10.7 Å². The Labute approximate surface area is 63.0 Å². The number of hydrogen-bond acceptors (Lipinski definition) is 2. The summed E-state index contributed by atoms with van der Waals surface area (Å²) in [5.41, 5.74) is 5.47.